The number of H-pyrrole nitrogens is 1. The molecular weight excluding hydrogens is 366 g/mol. The number of hydrogen-bond donors (Lipinski definition) is 1. The minimum Gasteiger partial charge on any atom is -0.382 e. The van der Waals surface area contributed by atoms with Gasteiger partial charge in [0, 0.05) is 24.8 Å². The molecule has 0 amide bonds. The predicted octanol–water partition coefficient (Wildman–Crippen LogP) is 1.33. The van der Waals surface area contributed by atoms with Crippen LogP contribution in [0, 0.1) is 12.8 Å². The lowest BCUT2D eigenvalue weighted by molar-refractivity contribution is -0.0784. The van der Waals surface area contributed by atoms with Gasteiger partial charge in [-0.3, -0.25) is 14.3 Å². The van der Waals surface area contributed by atoms with Crippen LogP contribution in [0.25, 0.3) is 0 Å². The first kappa shape index (κ1) is 21.0. The monoisotopic (exact) mass is 392 g/mol. The number of nitrogens with zero attached hydrogens (tertiary/aromatic N) is 1. The first-order valence-corrected chi connectivity index (χ1v) is 11.0. The van der Waals surface area contributed by atoms with Gasteiger partial charge in [0.05, 0.1) is 13.2 Å². The highest BCUT2D eigenvalue weighted by molar-refractivity contribution is 7.62. The summed E-state index contributed by atoms with van der Waals surface area (Å²) in [6.45, 7) is 6.54. The highest BCUT2D eigenvalue weighted by Gasteiger charge is 2.50. The number of alkyl halides is 1. The molecule has 10 heteroatoms. The van der Waals surface area contributed by atoms with Gasteiger partial charge in [0.2, 0.25) is 0 Å². The van der Waals surface area contributed by atoms with Crippen LogP contribution in [0.15, 0.2) is 15.8 Å². The van der Waals surface area contributed by atoms with Crippen molar-refractivity contribution in [2.24, 2.45) is 5.92 Å². The van der Waals surface area contributed by atoms with Gasteiger partial charge in [-0.2, -0.15) is 0 Å². The van der Waals surface area contributed by atoms with Crippen molar-refractivity contribution in [1.82, 2.24) is 9.55 Å². The van der Waals surface area contributed by atoms with E-state index in [1.807, 2.05) is 0 Å². The molecule has 1 fully saturated rings. The van der Waals surface area contributed by atoms with Crippen molar-refractivity contribution in [3.8, 4) is 0 Å². The van der Waals surface area contributed by atoms with Gasteiger partial charge < -0.3 is 18.8 Å². The van der Waals surface area contributed by atoms with E-state index in [-0.39, 0.29) is 6.61 Å². The summed E-state index contributed by atoms with van der Waals surface area (Å²) in [4.78, 5) is 26.1. The van der Waals surface area contributed by atoms with Crippen molar-refractivity contribution < 1.29 is 23.2 Å². The summed E-state index contributed by atoms with van der Waals surface area (Å²) in [6.07, 6.45) is -1.24. The lowest BCUT2D eigenvalue weighted by atomic mass is 10.0. The Balaban J connectivity index is 2.40. The standard InChI is InChI=1S/C16H26FN2O6P/c1-9-8-19(16(21)18-14(9)20)15-12(24-7-6-23-3)10(2)11(25-15)13(17)26(4,5)22/h8,10-13,15H,6-7H2,1-5H3,(H,18,20,21)/t10-,11+,12-,13+,15-/m1/s1. The smallest absolute Gasteiger partial charge is 0.330 e. The molecule has 0 aromatic carbocycles. The molecule has 0 bridgehead atoms. The molecule has 8 nitrogen and oxygen atoms in total. The normalized spacial score (nSPS) is 27.6. The topological polar surface area (TPSA) is 99.6 Å². The summed E-state index contributed by atoms with van der Waals surface area (Å²) in [5, 5.41) is 0. The summed E-state index contributed by atoms with van der Waals surface area (Å²) in [5.74, 6) is -2.14. The van der Waals surface area contributed by atoms with Crippen molar-refractivity contribution in [3.05, 3.63) is 32.6 Å². The SMILES string of the molecule is COCCO[C@@H]1[C@H](C)[C@@H]([C@@H](F)P(C)(C)=O)O[C@H]1n1cc(C)c(=O)[nH]c1=O. The van der Waals surface area contributed by atoms with Crippen molar-refractivity contribution in [2.75, 3.05) is 33.7 Å². The minimum atomic E-state index is -3.07. The van der Waals surface area contributed by atoms with Gasteiger partial charge in [0.15, 0.2) is 12.1 Å². The molecule has 0 spiro atoms. The van der Waals surface area contributed by atoms with E-state index in [1.54, 1.807) is 13.8 Å². The van der Waals surface area contributed by atoms with E-state index in [0.29, 0.717) is 12.2 Å². The summed E-state index contributed by atoms with van der Waals surface area (Å²) in [7, 11) is -1.54. The number of ether oxygens (including phenoxy) is 3. The third kappa shape index (κ3) is 4.34. The lowest BCUT2D eigenvalue weighted by Crippen LogP contribution is -2.38. The molecule has 148 valence electrons. The molecule has 26 heavy (non-hydrogen) atoms. The van der Waals surface area contributed by atoms with Crippen LogP contribution >= 0.6 is 7.14 Å². The molecule has 0 saturated carbocycles. The summed E-state index contributed by atoms with van der Waals surface area (Å²) < 4.78 is 44.7. The van der Waals surface area contributed by atoms with Crippen molar-refractivity contribution in [3.63, 3.8) is 0 Å². The van der Waals surface area contributed by atoms with Crippen molar-refractivity contribution in [1.29, 1.82) is 0 Å². The van der Waals surface area contributed by atoms with Crippen molar-refractivity contribution >= 4 is 7.14 Å². The van der Waals surface area contributed by atoms with Crippen LogP contribution in [-0.2, 0) is 18.8 Å². The molecule has 0 radical (unpaired) electrons. The Morgan fingerprint density at radius 3 is 2.62 bits per heavy atom. The zero-order valence-corrected chi connectivity index (χ0v) is 16.5. The number of aromatic amines is 1. The molecule has 1 saturated heterocycles. The average molecular weight is 392 g/mol. The number of aryl methyl sites for hydroxylation is 1. The second kappa shape index (κ2) is 8.17. The van der Waals surface area contributed by atoms with Crippen LogP contribution < -0.4 is 11.2 Å². The number of rotatable bonds is 7. The summed E-state index contributed by atoms with van der Waals surface area (Å²) in [5.41, 5.74) is -0.862. The lowest BCUT2D eigenvalue weighted by Gasteiger charge is -2.24. The molecule has 2 rings (SSSR count). The fourth-order valence-corrected chi connectivity index (χ4v) is 4.03. The molecule has 1 aromatic heterocycles. The van der Waals surface area contributed by atoms with Crippen LogP contribution in [-0.4, -0.2) is 61.3 Å². The maximum atomic E-state index is 14.7. The first-order chi connectivity index (χ1) is 12.1. The van der Waals surface area contributed by atoms with Gasteiger partial charge in [-0.25, -0.2) is 9.18 Å². The Bertz CT molecular complexity index is 788. The van der Waals surface area contributed by atoms with Gasteiger partial charge in [0.1, 0.15) is 19.3 Å². The van der Waals surface area contributed by atoms with E-state index < -0.39 is 48.7 Å². The second-order valence-corrected chi connectivity index (χ2v) is 10.3. The molecule has 5 atom stereocenters. The van der Waals surface area contributed by atoms with Crippen LogP contribution in [0.3, 0.4) is 0 Å². The van der Waals surface area contributed by atoms with E-state index in [2.05, 4.69) is 4.98 Å². The zero-order valence-electron chi connectivity index (χ0n) is 15.6. The van der Waals surface area contributed by atoms with Gasteiger partial charge in [-0.1, -0.05) is 6.92 Å². The van der Waals surface area contributed by atoms with Crippen LogP contribution in [0.2, 0.25) is 0 Å². The molecule has 0 unspecified atom stereocenters. The van der Waals surface area contributed by atoms with Crippen LogP contribution in [0.4, 0.5) is 4.39 Å². The molecule has 1 aliphatic heterocycles. The van der Waals surface area contributed by atoms with E-state index in [0.717, 1.165) is 0 Å². The molecule has 2 heterocycles. The van der Waals surface area contributed by atoms with Gasteiger partial charge in [-0.15, -0.1) is 0 Å². The van der Waals surface area contributed by atoms with Gasteiger partial charge in [0.25, 0.3) is 5.56 Å². The third-order valence-electron chi connectivity index (χ3n) is 4.50. The maximum absolute atomic E-state index is 14.7. The molecular formula is C16H26FN2O6P. The number of nitrogens with one attached hydrogen (secondary N) is 1. The highest BCUT2D eigenvalue weighted by atomic mass is 31.2. The third-order valence-corrected chi connectivity index (χ3v) is 5.98. The number of halogens is 1. The predicted molar refractivity (Wildman–Crippen MR) is 95.1 cm³/mol. The zero-order chi connectivity index (χ0) is 19.6. The highest BCUT2D eigenvalue weighted by Crippen LogP contribution is 2.51. The minimum absolute atomic E-state index is 0.224. The Morgan fingerprint density at radius 1 is 1.38 bits per heavy atom. The fourth-order valence-electron chi connectivity index (χ4n) is 2.98. The first-order valence-electron chi connectivity index (χ1n) is 8.34. The second-order valence-electron chi connectivity index (χ2n) is 6.96. The quantitative estimate of drug-likeness (QED) is 0.555. The fraction of sp³-hybridized carbons (Fsp3) is 0.750. The van der Waals surface area contributed by atoms with E-state index >= 15 is 0 Å². The molecule has 0 aliphatic carbocycles. The Morgan fingerprint density at radius 2 is 2.04 bits per heavy atom. The van der Waals surface area contributed by atoms with Gasteiger partial charge in [-0.05, 0) is 20.3 Å². The average Bonchev–Trinajstić information content (AvgIpc) is 2.86. The molecule has 1 aromatic rings. The van der Waals surface area contributed by atoms with E-state index in [4.69, 9.17) is 14.2 Å². The van der Waals surface area contributed by atoms with Crippen LogP contribution in [0.1, 0.15) is 18.7 Å². The Hall–Kier alpha value is -1.28. The maximum Gasteiger partial charge on any atom is 0.330 e. The van der Waals surface area contributed by atoms with E-state index in [1.165, 1.54) is 31.2 Å². The molecule has 1 N–H and O–H groups in total. The van der Waals surface area contributed by atoms with Crippen LogP contribution in [0.5, 0.6) is 0 Å². The Labute approximate surface area is 151 Å². The molecule has 1 aliphatic rings. The largest absolute Gasteiger partial charge is 0.382 e. The van der Waals surface area contributed by atoms with E-state index in [9.17, 15) is 18.5 Å². The van der Waals surface area contributed by atoms with Gasteiger partial charge >= 0.3 is 5.69 Å². The van der Waals surface area contributed by atoms with Crippen molar-refractivity contribution in [2.45, 2.75) is 38.2 Å². The number of hydrogen-bond acceptors (Lipinski definition) is 6. The number of methoxy groups -OCH3 is 1. The Kier molecular flexibility index (Phi) is 6.60. The summed E-state index contributed by atoms with van der Waals surface area (Å²) >= 11 is 0. The summed E-state index contributed by atoms with van der Waals surface area (Å²) in [6, 6.07) is 0. The number of aromatic nitrogens is 2.